The van der Waals surface area contributed by atoms with Crippen LogP contribution in [0.1, 0.15) is 18.4 Å². The predicted octanol–water partition coefficient (Wildman–Crippen LogP) is 1.73. The van der Waals surface area contributed by atoms with Crippen LogP contribution in [0.2, 0.25) is 0 Å². The van der Waals surface area contributed by atoms with Crippen LogP contribution in [0.4, 0.5) is 4.39 Å². The fraction of sp³-hybridized carbons (Fsp3) is 0.357. The molecule has 1 fully saturated rings. The topological polar surface area (TPSA) is 49.3 Å². The molecule has 4 heteroatoms. The Morgan fingerprint density at radius 3 is 2.89 bits per heavy atom. The number of rotatable bonds is 5. The van der Waals surface area contributed by atoms with Crippen molar-refractivity contribution < 1.29 is 14.3 Å². The van der Waals surface area contributed by atoms with Gasteiger partial charge in [0.1, 0.15) is 5.82 Å². The number of halogens is 1. The molecule has 1 aromatic rings. The molecule has 0 saturated heterocycles. The van der Waals surface area contributed by atoms with Gasteiger partial charge in [0.15, 0.2) is 0 Å². The van der Waals surface area contributed by atoms with Crippen LogP contribution in [0, 0.1) is 11.7 Å². The van der Waals surface area contributed by atoms with E-state index < -0.39 is 6.10 Å². The molecule has 0 aromatic heterocycles. The lowest BCUT2D eigenvalue weighted by atomic mass is 10.2. The van der Waals surface area contributed by atoms with Gasteiger partial charge in [-0.1, -0.05) is 18.2 Å². The molecule has 0 heterocycles. The summed E-state index contributed by atoms with van der Waals surface area (Å²) < 4.78 is 13.2. The summed E-state index contributed by atoms with van der Waals surface area (Å²) >= 11 is 0. The van der Waals surface area contributed by atoms with E-state index in [0.29, 0.717) is 11.5 Å². The molecule has 1 saturated carbocycles. The first kappa shape index (κ1) is 12.8. The van der Waals surface area contributed by atoms with E-state index >= 15 is 0 Å². The van der Waals surface area contributed by atoms with Gasteiger partial charge in [-0.3, -0.25) is 4.79 Å². The van der Waals surface area contributed by atoms with Crippen molar-refractivity contribution in [2.75, 3.05) is 6.54 Å². The fourth-order valence-electron chi connectivity index (χ4n) is 1.69. The van der Waals surface area contributed by atoms with Crippen molar-refractivity contribution in [2.45, 2.75) is 18.9 Å². The number of carbonyl (C=O) groups is 1. The average Bonchev–Trinajstić information content (AvgIpc) is 3.19. The minimum atomic E-state index is -0.462. The van der Waals surface area contributed by atoms with E-state index in [-0.39, 0.29) is 18.3 Å². The maximum absolute atomic E-state index is 13.2. The van der Waals surface area contributed by atoms with Crippen molar-refractivity contribution >= 4 is 12.0 Å². The van der Waals surface area contributed by atoms with E-state index in [1.807, 2.05) is 0 Å². The van der Waals surface area contributed by atoms with Crippen LogP contribution in [0.25, 0.3) is 6.08 Å². The summed E-state index contributed by atoms with van der Waals surface area (Å²) in [5.41, 5.74) is 0.371. The molecule has 1 aromatic carbocycles. The second-order valence-electron chi connectivity index (χ2n) is 4.50. The molecule has 3 nitrogen and oxygen atoms in total. The highest BCUT2D eigenvalue weighted by atomic mass is 19.1. The van der Waals surface area contributed by atoms with E-state index in [2.05, 4.69) is 5.32 Å². The molecule has 0 radical (unpaired) electrons. The Labute approximate surface area is 105 Å². The zero-order valence-corrected chi connectivity index (χ0v) is 9.97. The number of benzene rings is 1. The zero-order chi connectivity index (χ0) is 13.0. The van der Waals surface area contributed by atoms with Gasteiger partial charge >= 0.3 is 0 Å². The Balaban J connectivity index is 1.81. The van der Waals surface area contributed by atoms with Crippen molar-refractivity contribution in [3.8, 4) is 0 Å². The lowest BCUT2D eigenvalue weighted by Crippen LogP contribution is -2.31. The average molecular weight is 249 g/mol. The number of amides is 1. The zero-order valence-electron chi connectivity index (χ0n) is 9.97. The van der Waals surface area contributed by atoms with Crippen LogP contribution in [0.3, 0.4) is 0 Å². The third kappa shape index (κ3) is 3.67. The minimum Gasteiger partial charge on any atom is -0.391 e. The van der Waals surface area contributed by atoms with Gasteiger partial charge in [-0.05, 0) is 30.9 Å². The smallest absolute Gasteiger partial charge is 0.244 e. The summed E-state index contributed by atoms with van der Waals surface area (Å²) in [6.07, 6.45) is 4.30. The van der Waals surface area contributed by atoms with Crippen LogP contribution in [0.15, 0.2) is 30.3 Å². The van der Waals surface area contributed by atoms with Gasteiger partial charge in [-0.25, -0.2) is 4.39 Å². The number of nitrogens with one attached hydrogen (secondary N) is 1. The summed E-state index contributed by atoms with van der Waals surface area (Å²) in [6, 6.07) is 6.24. The van der Waals surface area contributed by atoms with Crippen LogP contribution < -0.4 is 5.32 Å². The van der Waals surface area contributed by atoms with Gasteiger partial charge in [0.25, 0.3) is 0 Å². The monoisotopic (exact) mass is 249 g/mol. The van der Waals surface area contributed by atoms with E-state index in [1.54, 1.807) is 18.2 Å². The summed E-state index contributed by atoms with van der Waals surface area (Å²) in [6.45, 7) is 0.255. The van der Waals surface area contributed by atoms with Gasteiger partial charge in [0.2, 0.25) is 5.91 Å². The van der Waals surface area contributed by atoms with Gasteiger partial charge < -0.3 is 10.4 Å². The highest BCUT2D eigenvalue weighted by Gasteiger charge is 2.29. The van der Waals surface area contributed by atoms with E-state index in [4.69, 9.17) is 0 Å². The number of carbonyl (C=O) groups excluding carboxylic acids is 1. The normalized spacial score (nSPS) is 16.8. The predicted molar refractivity (Wildman–Crippen MR) is 67.2 cm³/mol. The molecule has 0 aliphatic heterocycles. The SMILES string of the molecule is O=C(C=Cc1ccccc1F)NCC(O)C1CC1. The molecule has 1 aliphatic carbocycles. The highest BCUT2D eigenvalue weighted by Crippen LogP contribution is 2.32. The Kier molecular flexibility index (Phi) is 4.10. The third-order valence-corrected chi connectivity index (χ3v) is 2.97. The lowest BCUT2D eigenvalue weighted by molar-refractivity contribution is -0.116. The second kappa shape index (κ2) is 5.78. The van der Waals surface area contributed by atoms with E-state index in [9.17, 15) is 14.3 Å². The van der Waals surface area contributed by atoms with Crippen LogP contribution >= 0.6 is 0 Å². The molecule has 1 aliphatic rings. The summed E-state index contributed by atoms with van der Waals surface area (Å²) in [5.74, 6) is -0.349. The van der Waals surface area contributed by atoms with Crippen molar-refractivity contribution in [1.82, 2.24) is 5.32 Å². The first-order chi connectivity index (χ1) is 8.66. The number of hydrogen-bond donors (Lipinski definition) is 2. The molecule has 1 unspecified atom stereocenters. The number of aliphatic hydroxyl groups excluding tert-OH is 1. The van der Waals surface area contributed by atoms with Gasteiger partial charge in [-0.15, -0.1) is 0 Å². The first-order valence-corrected chi connectivity index (χ1v) is 6.05. The van der Waals surface area contributed by atoms with E-state index in [0.717, 1.165) is 12.8 Å². The van der Waals surface area contributed by atoms with Gasteiger partial charge in [0, 0.05) is 18.2 Å². The van der Waals surface area contributed by atoms with Crippen molar-refractivity contribution in [1.29, 1.82) is 0 Å². The molecule has 18 heavy (non-hydrogen) atoms. The van der Waals surface area contributed by atoms with E-state index in [1.165, 1.54) is 18.2 Å². The van der Waals surface area contributed by atoms with Crippen molar-refractivity contribution in [3.63, 3.8) is 0 Å². The fourth-order valence-corrected chi connectivity index (χ4v) is 1.69. The second-order valence-corrected chi connectivity index (χ2v) is 4.50. The standard InChI is InChI=1S/C14H16FNO2/c15-12-4-2-1-3-10(12)7-8-14(18)16-9-13(17)11-5-6-11/h1-4,7-8,11,13,17H,5-6,9H2,(H,16,18). The van der Waals surface area contributed by atoms with Crippen LogP contribution in [-0.4, -0.2) is 23.7 Å². The van der Waals surface area contributed by atoms with Gasteiger partial charge in [0.05, 0.1) is 6.10 Å². The summed E-state index contributed by atoms with van der Waals surface area (Å²) in [7, 11) is 0. The van der Waals surface area contributed by atoms with Crippen LogP contribution in [0.5, 0.6) is 0 Å². The number of hydrogen-bond acceptors (Lipinski definition) is 2. The molecular weight excluding hydrogens is 233 g/mol. The third-order valence-electron chi connectivity index (χ3n) is 2.97. The Bertz CT molecular complexity index is 455. The van der Waals surface area contributed by atoms with Crippen molar-refractivity contribution in [2.24, 2.45) is 5.92 Å². The Hall–Kier alpha value is -1.68. The lowest BCUT2D eigenvalue weighted by Gasteiger charge is -2.08. The molecular formula is C14H16FNO2. The minimum absolute atomic E-state index is 0.255. The Morgan fingerprint density at radius 2 is 2.22 bits per heavy atom. The first-order valence-electron chi connectivity index (χ1n) is 6.05. The molecule has 1 atom stereocenters. The maximum atomic E-state index is 13.2. The van der Waals surface area contributed by atoms with Crippen LogP contribution in [-0.2, 0) is 4.79 Å². The van der Waals surface area contributed by atoms with Gasteiger partial charge in [-0.2, -0.15) is 0 Å². The number of aliphatic hydroxyl groups is 1. The largest absolute Gasteiger partial charge is 0.391 e. The molecule has 2 rings (SSSR count). The Morgan fingerprint density at radius 1 is 1.50 bits per heavy atom. The molecule has 0 bridgehead atoms. The molecule has 0 spiro atoms. The molecule has 96 valence electrons. The summed E-state index contributed by atoms with van der Waals surface area (Å²) in [4.78, 5) is 11.4. The quantitative estimate of drug-likeness (QED) is 0.781. The molecule has 2 N–H and O–H groups in total. The van der Waals surface area contributed by atoms with Crippen molar-refractivity contribution in [3.05, 3.63) is 41.7 Å². The molecule has 1 amide bonds. The summed E-state index contributed by atoms with van der Waals surface area (Å²) in [5, 5.41) is 12.2. The highest BCUT2D eigenvalue weighted by molar-refractivity contribution is 5.91. The maximum Gasteiger partial charge on any atom is 0.244 e.